The lowest BCUT2D eigenvalue weighted by Gasteiger charge is -2.22. The minimum atomic E-state index is -0.432. The molecule has 0 unspecified atom stereocenters. The molecule has 0 aliphatic heterocycles. The molecular weight excluding hydrogens is 264 g/mol. The second kappa shape index (κ2) is 7.93. The van der Waals surface area contributed by atoms with Crippen LogP contribution in [-0.2, 0) is 11.3 Å². The molecule has 4 heteroatoms. The highest BCUT2D eigenvalue weighted by molar-refractivity contribution is 5.75. The maximum absolute atomic E-state index is 11.9. The maximum atomic E-state index is 11.9. The summed E-state index contributed by atoms with van der Waals surface area (Å²) >= 11 is 0. The Hall–Kier alpha value is -1.68. The van der Waals surface area contributed by atoms with Gasteiger partial charge in [-0.15, -0.1) is 0 Å². The van der Waals surface area contributed by atoms with Crippen LogP contribution in [-0.4, -0.2) is 40.3 Å². The standard InChI is InChI=1S/C17H26N2O2/c1-15(20)10-11-18(12-13-19(21)17(2,3)4)14-16-8-6-5-7-9-16/h5-9,13H,10-12,14H2,1-4H3/b19-13-. The fourth-order valence-electron chi connectivity index (χ4n) is 1.86. The molecule has 0 amide bonds. The van der Waals surface area contributed by atoms with Crippen molar-refractivity contribution >= 4 is 12.0 Å². The number of carbonyl (C=O) groups excluding carboxylic acids is 1. The highest BCUT2D eigenvalue weighted by Crippen LogP contribution is 2.07. The molecule has 4 nitrogen and oxygen atoms in total. The first-order valence-corrected chi connectivity index (χ1v) is 7.34. The van der Waals surface area contributed by atoms with E-state index in [1.165, 1.54) is 5.56 Å². The van der Waals surface area contributed by atoms with Crippen molar-refractivity contribution in [1.29, 1.82) is 0 Å². The van der Waals surface area contributed by atoms with E-state index in [4.69, 9.17) is 0 Å². The molecule has 0 fully saturated rings. The second-order valence-corrected chi connectivity index (χ2v) is 6.35. The Balaban J connectivity index is 2.71. The number of Topliss-reactive ketones (excluding diaryl/α,β-unsaturated/α-hetero) is 1. The van der Waals surface area contributed by atoms with Gasteiger partial charge >= 0.3 is 0 Å². The number of carbonyl (C=O) groups is 1. The first-order valence-electron chi connectivity index (χ1n) is 7.34. The molecule has 0 N–H and O–H groups in total. The Morgan fingerprint density at radius 2 is 1.90 bits per heavy atom. The van der Waals surface area contributed by atoms with Crippen LogP contribution >= 0.6 is 0 Å². The van der Waals surface area contributed by atoms with Gasteiger partial charge in [-0.1, -0.05) is 30.3 Å². The van der Waals surface area contributed by atoms with Crippen LogP contribution in [0.2, 0.25) is 0 Å². The van der Waals surface area contributed by atoms with Crippen molar-refractivity contribution in [1.82, 2.24) is 4.90 Å². The molecule has 0 saturated heterocycles. The van der Waals surface area contributed by atoms with Crippen molar-refractivity contribution in [3.63, 3.8) is 0 Å². The zero-order chi connectivity index (χ0) is 15.9. The third kappa shape index (κ3) is 7.04. The van der Waals surface area contributed by atoms with Crippen LogP contribution < -0.4 is 0 Å². The summed E-state index contributed by atoms with van der Waals surface area (Å²) in [6.45, 7) is 9.19. The molecule has 0 aromatic heterocycles. The molecule has 1 rings (SSSR count). The average molecular weight is 290 g/mol. The molecule has 0 atom stereocenters. The van der Waals surface area contributed by atoms with Gasteiger partial charge in [-0.2, -0.15) is 0 Å². The molecule has 1 aromatic carbocycles. The fourth-order valence-corrected chi connectivity index (χ4v) is 1.86. The number of rotatable bonds is 7. The summed E-state index contributed by atoms with van der Waals surface area (Å²) in [5, 5.41) is 11.9. The summed E-state index contributed by atoms with van der Waals surface area (Å²) in [6, 6.07) is 10.1. The van der Waals surface area contributed by atoms with Gasteiger partial charge < -0.3 is 5.21 Å². The Morgan fingerprint density at radius 1 is 1.29 bits per heavy atom. The van der Waals surface area contributed by atoms with Gasteiger partial charge in [-0.05, 0) is 12.5 Å². The largest absolute Gasteiger partial charge is 0.624 e. The van der Waals surface area contributed by atoms with Crippen molar-refractivity contribution < 1.29 is 9.53 Å². The van der Waals surface area contributed by atoms with Crippen LogP contribution in [0.15, 0.2) is 30.3 Å². The van der Waals surface area contributed by atoms with Crippen molar-refractivity contribution in [3.05, 3.63) is 41.1 Å². The van der Waals surface area contributed by atoms with E-state index < -0.39 is 5.54 Å². The average Bonchev–Trinajstić information content (AvgIpc) is 2.41. The molecule has 0 bridgehead atoms. The van der Waals surface area contributed by atoms with Crippen LogP contribution in [0, 0.1) is 5.21 Å². The normalized spacial score (nSPS) is 12.7. The predicted molar refractivity (Wildman–Crippen MR) is 86.5 cm³/mol. The van der Waals surface area contributed by atoms with Gasteiger partial charge in [0.05, 0.1) is 6.54 Å². The number of benzene rings is 1. The Bertz CT molecular complexity index is 475. The Kier molecular flexibility index (Phi) is 6.56. The topological polar surface area (TPSA) is 46.4 Å². The third-order valence-electron chi connectivity index (χ3n) is 3.20. The van der Waals surface area contributed by atoms with Crippen LogP contribution in [0.25, 0.3) is 0 Å². The minimum absolute atomic E-state index is 0.169. The molecule has 116 valence electrons. The van der Waals surface area contributed by atoms with E-state index in [1.54, 1.807) is 13.1 Å². The first kappa shape index (κ1) is 17.4. The van der Waals surface area contributed by atoms with Crippen molar-refractivity contribution in [3.8, 4) is 0 Å². The number of hydroxylamine groups is 1. The highest BCUT2D eigenvalue weighted by Gasteiger charge is 2.18. The molecule has 21 heavy (non-hydrogen) atoms. The molecule has 0 aliphatic rings. The van der Waals surface area contributed by atoms with E-state index >= 15 is 0 Å². The van der Waals surface area contributed by atoms with Gasteiger partial charge in [-0.25, -0.2) is 4.74 Å². The number of hydrogen-bond donors (Lipinski definition) is 0. The van der Waals surface area contributed by atoms with E-state index in [-0.39, 0.29) is 5.78 Å². The fraction of sp³-hybridized carbons (Fsp3) is 0.529. The summed E-state index contributed by atoms with van der Waals surface area (Å²) in [6.07, 6.45) is 2.16. The summed E-state index contributed by atoms with van der Waals surface area (Å²) in [5.41, 5.74) is 0.751. The quantitative estimate of drug-likeness (QED) is 0.336. The van der Waals surface area contributed by atoms with E-state index in [0.29, 0.717) is 19.5 Å². The highest BCUT2D eigenvalue weighted by atomic mass is 16.5. The number of hydrogen-bond acceptors (Lipinski definition) is 3. The minimum Gasteiger partial charge on any atom is -0.624 e. The molecule has 0 heterocycles. The number of ketones is 1. The van der Waals surface area contributed by atoms with Crippen LogP contribution in [0.5, 0.6) is 0 Å². The lowest BCUT2D eigenvalue weighted by molar-refractivity contribution is -0.532. The maximum Gasteiger partial charge on any atom is 0.165 e. The molecule has 0 aliphatic carbocycles. The Morgan fingerprint density at radius 3 is 2.43 bits per heavy atom. The van der Waals surface area contributed by atoms with Crippen LogP contribution in [0.3, 0.4) is 0 Å². The van der Waals surface area contributed by atoms with Crippen molar-refractivity contribution in [2.75, 3.05) is 13.1 Å². The molecular formula is C17H26N2O2. The zero-order valence-corrected chi connectivity index (χ0v) is 13.5. The summed E-state index contributed by atoms with van der Waals surface area (Å²) in [5.74, 6) is 0.169. The monoisotopic (exact) mass is 290 g/mol. The van der Waals surface area contributed by atoms with Crippen LogP contribution in [0.1, 0.15) is 39.7 Å². The third-order valence-corrected chi connectivity index (χ3v) is 3.20. The van der Waals surface area contributed by atoms with Crippen molar-refractivity contribution in [2.24, 2.45) is 0 Å². The van der Waals surface area contributed by atoms with Gasteiger partial charge in [0.2, 0.25) is 0 Å². The summed E-state index contributed by atoms with van der Waals surface area (Å²) in [4.78, 5) is 13.3. The SMILES string of the molecule is CC(=O)CCN(C/C=[N+](\[O-])C(C)(C)C)Cc1ccccc1. The van der Waals surface area contributed by atoms with Gasteiger partial charge in [0, 0.05) is 40.3 Å². The summed E-state index contributed by atoms with van der Waals surface area (Å²) in [7, 11) is 0. The first-order chi connectivity index (χ1) is 9.79. The molecule has 0 spiro atoms. The molecule has 0 radical (unpaired) electrons. The van der Waals surface area contributed by atoms with Gasteiger partial charge in [0.15, 0.2) is 11.8 Å². The van der Waals surface area contributed by atoms with E-state index in [2.05, 4.69) is 17.0 Å². The van der Waals surface area contributed by atoms with Crippen molar-refractivity contribution in [2.45, 2.75) is 46.2 Å². The second-order valence-electron chi connectivity index (χ2n) is 6.35. The predicted octanol–water partition coefficient (Wildman–Crippen LogP) is 2.85. The lowest BCUT2D eigenvalue weighted by atomic mass is 10.1. The number of nitrogens with zero attached hydrogens (tertiary/aromatic N) is 2. The van der Waals surface area contributed by atoms with Gasteiger partial charge in [-0.3, -0.25) is 9.69 Å². The lowest BCUT2D eigenvalue weighted by Crippen LogP contribution is -2.34. The van der Waals surface area contributed by atoms with Gasteiger partial charge in [0.25, 0.3) is 0 Å². The van der Waals surface area contributed by atoms with E-state index in [1.807, 2.05) is 39.0 Å². The molecule has 1 aromatic rings. The van der Waals surface area contributed by atoms with E-state index in [9.17, 15) is 10.0 Å². The Labute approximate surface area is 127 Å². The zero-order valence-electron chi connectivity index (χ0n) is 13.5. The summed E-state index contributed by atoms with van der Waals surface area (Å²) < 4.78 is 0.985. The smallest absolute Gasteiger partial charge is 0.165 e. The van der Waals surface area contributed by atoms with Gasteiger partial charge in [0.1, 0.15) is 5.78 Å². The molecule has 0 saturated carbocycles. The van der Waals surface area contributed by atoms with E-state index in [0.717, 1.165) is 11.3 Å². The van der Waals surface area contributed by atoms with Crippen LogP contribution in [0.4, 0.5) is 0 Å².